The van der Waals surface area contributed by atoms with Crippen molar-refractivity contribution in [1.29, 1.82) is 0 Å². The van der Waals surface area contributed by atoms with Crippen molar-refractivity contribution in [1.82, 2.24) is 19.5 Å². The highest BCUT2D eigenvalue weighted by atomic mass is 15.2. The van der Waals surface area contributed by atoms with Crippen LogP contribution in [0.2, 0.25) is 0 Å². The molecule has 0 fully saturated rings. The minimum Gasteiger partial charge on any atom is -0.277 e. The van der Waals surface area contributed by atoms with Gasteiger partial charge >= 0.3 is 0 Å². The van der Waals surface area contributed by atoms with Gasteiger partial charge in [0.1, 0.15) is 0 Å². The first-order valence-corrected chi connectivity index (χ1v) is 19.9. The first kappa shape index (κ1) is 32.8. The molecule has 4 heteroatoms. The van der Waals surface area contributed by atoms with Crippen LogP contribution in [0.1, 0.15) is 25.0 Å². The lowest BCUT2D eigenvalue weighted by Crippen LogP contribution is -2.14. The molecule has 0 unspecified atom stereocenters. The SMILES string of the molecule is CC1(C)c2ccc(-c3cccc4c5ccc6ccccc6c5n(-c5nc(-c6ccccc6)nc(-c6ccc7ccccc7c6)n5)c34)cc2-c2c1ccc1ccccc21. The van der Waals surface area contributed by atoms with Crippen LogP contribution in [0.4, 0.5) is 0 Å². The highest BCUT2D eigenvalue weighted by Crippen LogP contribution is 2.52. The Bertz CT molecular complexity index is 3490. The van der Waals surface area contributed by atoms with E-state index in [0.717, 1.165) is 60.2 Å². The predicted molar refractivity (Wildman–Crippen MR) is 241 cm³/mol. The van der Waals surface area contributed by atoms with Crippen LogP contribution in [0.3, 0.4) is 0 Å². The molecule has 272 valence electrons. The fourth-order valence-electron chi connectivity index (χ4n) is 9.59. The van der Waals surface area contributed by atoms with E-state index >= 15 is 0 Å². The molecule has 1 aliphatic rings. The Hall–Kier alpha value is -7.43. The molecular formula is C54H36N4. The van der Waals surface area contributed by atoms with Gasteiger partial charge in [0.2, 0.25) is 5.95 Å². The average Bonchev–Trinajstić information content (AvgIpc) is 3.75. The number of hydrogen-bond acceptors (Lipinski definition) is 3. The number of para-hydroxylation sites is 1. The van der Waals surface area contributed by atoms with E-state index in [0.29, 0.717) is 17.6 Å². The molecule has 1 aliphatic carbocycles. The van der Waals surface area contributed by atoms with E-state index in [1.54, 1.807) is 0 Å². The maximum Gasteiger partial charge on any atom is 0.238 e. The molecule has 9 aromatic carbocycles. The van der Waals surface area contributed by atoms with Crippen molar-refractivity contribution in [3.8, 4) is 51.0 Å². The van der Waals surface area contributed by atoms with E-state index in [-0.39, 0.29) is 5.41 Å². The topological polar surface area (TPSA) is 43.6 Å². The molecule has 0 aliphatic heterocycles. The quantitative estimate of drug-likeness (QED) is 0.180. The van der Waals surface area contributed by atoms with Crippen molar-refractivity contribution in [2.45, 2.75) is 19.3 Å². The molecule has 12 rings (SSSR count). The largest absolute Gasteiger partial charge is 0.277 e. The average molecular weight is 741 g/mol. The third-order valence-electron chi connectivity index (χ3n) is 12.4. The smallest absolute Gasteiger partial charge is 0.238 e. The van der Waals surface area contributed by atoms with Crippen molar-refractivity contribution in [3.63, 3.8) is 0 Å². The zero-order valence-corrected chi connectivity index (χ0v) is 32.1. The summed E-state index contributed by atoms with van der Waals surface area (Å²) in [7, 11) is 0. The van der Waals surface area contributed by atoms with Gasteiger partial charge in [0, 0.05) is 38.3 Å². The third kappa shape index (κ3) is 4.78. The number of nitrogens with zero attached hydrogens (tertiary/aromatic N) is 4. The highest BCUT2D eigenvalue weighted by Gasteiger charge is 2.36. The molecule has 0 radical (unpaired) electrons. The van der Waals surface area contributed by atoms with E-state index in [1.165, 1.54) is 38.4 Å². The normalized spacial score (nSPS) is 13.1. The number of aromatic nitrogens is 4. The van der Waals surface area contributed by atoms with E-state index in [9.17, 15) is 0 Å². The van der Waals surface area contributed by atoms with Gasteiger partial charge in [-0.25, -0.2) is 4.98 Å². The molecule has 0 saturated carbocycles. The summed E-state index contributed by atoms with van der Waals surface area (Å²) in [6, 6.07) is 65.4. The molecule has 0 bridgehead atoms. The van der Waals surface area contributed by atoms with E-state index in [4.69, 9.17) is 15.0 Å². The van der Waals surface area contributed by atoms with Crippen LogP contribution in [-0.2, 0) is 5.41 Å². The number of hydrogen-bond donors (Lipinski definition) is 0. The summed E-state index contributed by atoms with van der Waals surface area (Å²) in [6.07, 6.45) is 0. The van der Waals surface area contributed by atoms with Crippen LogP contribution in [0.25, 0.3) is 105 Å². The Kier molecular flexibility index (Phi) is 6.94. The van der Waals surface area contributed by atoms with Gasteiger partial charge in [-0.15, -0.1) is 0 Å². The monoisotopic (exact) mass is 740 g/mol. The van der Waals surface area contributed by atoms with Crippen molar-refractivity contribution < 1.29 is 0 Å². The molecule has 58 heavy (non-hydrogen) atoms. The van der Waals surface area contributed by atoms with Gasteiger partial charge in [0.25, 0.3) is 0 Å². The summed E-state index contributed by atoms with van der Waals surface area (Å²) in [5.41, 5.74) is 11.5. The minimum absolute atomic E-state index is 0.120. The minimum atomic E-state index is -0.120. The maximum atomic E-state index is 5.40. The standard InChI is InChI=1S/C54H36N4/c1-54(2)46-29-27-38(32-45(46)48-40-19-10-8-14-34(40)26-30-47(48)54)42-21-12-22-43-44-28-25-35-15-9-11-20-41(35)49(44)58(50(42)43)53-56-51(36-16-4-3-5-17-36)55-52(57-53)39-24-23-33-13-6-7-18-37(33)31-39/h3-32H,1-2H3. The zero-order chi connectivity index (χ0) is 38.5. The molecule has 0 saturated heterocycles. The van der Waals surface area contributed by atoms with Gasteiger partial charge in [-0.2, -0.15) is 9.97 Å². The molecule has 0 spiro atoms. The highest BCUT2D eigenvalue weighted by molar-refractivity contribution is 6.21. The fraction of sp³-hybridized carbons (Fsp3) is 0.0556. The van der Waals surface area contributed by atoms with Crippen molar-refractivity contribution in [3.05, 3.63) is 193 Å². The first-order chi connectivity index (χ1) is 28.5. The van der Waals surface area contributed by atoms with E-state index in [2.05, 4.69) is 182 Å². The van der Waals surface area contributed by atoms with Crippen LogP contribution in [0.5, 0.6) is 0 Å². The summed E-state index contributed by atoms with van der Waals surface area (Å²) < 4.78 is 2.31. The zero-order valence-electron chi connectivity index (χ0n) is 32.1. The van der Waals surface area contributed by atoms with Crippen molar-refractivity contribution in [2.75, 3.05) is 0 Å². The first-order valence-electron chi connectivity index (χ1n) is 19.9. The summed E-state index contributed by atoms with van der Waals surface area (Å²) >= 11 is 0. The number of fused-ring (bicyclic) bond motifs is 11. The van der Waals surface area contributed by atoms with Gasteiger partial charge in [-0.1, -0.05) is 184 Å². The molecule has 0 atom stereocenters. The number of rotatable bonds is 4. The van der Waals surface area contributed by atoms with E-state index in [1.807, 2.05) is 18.2 Å². The fourth-order valence-corrected chi connectivity index (χ4v) is 9.59. The Balaban J connectivity index is 1.18. The van der Waals surface area contributed by atoms with Gasteiger partial charge in [0.15, 0.2) is 11.6 Å². The van der Waals surface area contributed by atoms with E-state index < -0.39 is 0 Å². The molecule has 2 aromatic heterocycles. The second-order valence-electron chi connectivity index (χ2n) is 16.0. The van der Waals surface area contributed by atoms with Crippen LogP contribution < -0.4 is 0 Å². The Morgan fingerprint density at radius 3 is 1.81 bits per heavy atom. The molecule has 2 heterocycles. The van der Waals surface area contributed by atoms with Crippen LogP contribution in [0.15, 0.2) is 182 Å². The van der Waals surface area contributed by atoms with Crippen molar-refractivity contribution in [2.24, 2.45) is 0 Å². The van der Waals surface area contributed by atoms with Crippen molar-refractivity contribution >= 4 is 54.1 Å². The molecule has 0 amide bonds. The third-order valence-corrected chi connectivity index (χ3v) is 12.4. The second kappa shape index (κ2) is 12.3. The van der Waals surface area contributed by atoms with Crippen LogP contribution in [-0.4, -0.2) is 19.5 Å². The summed E-state index contributed by atoms with van der Waals surface area (Å²) in [6.45, 7) is 4.71. The summed E-state index contributed by atoms with van der Waals surface area (Å²) in [5.74, 6) is 1.84. The Morgan fingerprint density at radius 2 is 0.983 bits per heavy atom. The van der Waals surface area contributed by atoms with Gasteiger partial charge < -0.3 is 0 Å². The number of benzene rings is 9. The molecular weight excluding hydrogens is 705 g/mol. The van der Waals surface area contributed by atoms with Crippen LogP contribution in [0, 0.1) is 0 Å². The lowest BCUT2D eigenvalue weighted by molar-refractivity contribution is 0.661. The molecule has 11 aromatic rings. The maximum absolute atomic E-state index is 5.40. The van der Waals surface area contributed by atoms with Gasteiger partial charge in [-0.05, 0) is 66.9 Å². The lowest BCUT2D eigenvalue weighted by atomic mass is 9.82. The van der Waals surface area contributed by atoms with Gasteiger partial charge in [-0.3, -0.25) is 4.57 Å². The van der Waals surface area contributed by atoms with Crippen LogP contribution >= 0.6 is 0 Å². The second-order valence-corrected chi connectivity index (χ2v) is 16.0. The summed E-state index contributed by atoms with van der Waals surface area (Å²) in [5, 5.41) is 9.49. The Labute approximate surface area is 335 Å². The molecule has 0 N–H and O–H groups in total. The predicted octanol–water partition coefficient (Wildman–Crippen LogP) is 13.7. The van der Waals surface area contributed by atoms with Gasteiger partial charge in [0.05, 0.1) is 11.0 Å². The lowest BCUT2D eigenvalue weighted by Gasteiger charge is -2.21. The molecule has 4 nitrogen and oxygen atoms in total. The Morgan fingerprint density at radius 1 is 0.379 bits per heavy atom. The summed E-state index contributed by atoms with van der Waals surface area (Å²) in [4.78, 5) is 15.9.